The summed E-state index contributed by atoms with van der Waals surface area (Å²) in [5.41, 5.74) is 0.948. The Morgan fingerprint density at radius 1 is 1.22 bits per heavy atom. The number of hydrogen-bond donors (Lipinski definition) is 1. The SMILES string of the molecule is CCC(CC)(CC)NC(=O)CCc1ccccn1. The standard InChI is InChI=1S/C15H24N2O/c1-4-15(5-2,6-3)17-14(18)11-10-13-9-7-8-12-16-13/h7-9,12H,4-6,10-11H2,1-3H3,(H,17,18). The van der Waals surface area contributed by atoms with Gasteiger partial charge in [0.05, 0.1) is 0 Å². The average molecular weight is 248 g/mol. The van der Waals surface area contributed by atoms with E-state index < -0.39 is 0 Å². The molecule has 1 heterocycles. The van der Waals surface area contributed by atoms with Gasteiger partial charge in [-0.1, -0.05) is 26.8 Å². The van der Waals surface area contributed by atoms with E-state index in [1.54, 1.807) is 6.20 Å². The van der Waals surface area contributed by atoms with Crippen LogP contribution in [-0.4, -0.2) is 16.4 Å². The van der Waals surface area contributed by atoms with Gasteiger partial charge < -0.3 is 5.32 Å². The number of hydrogen-bond acceptors (Lipinski definition) is 2. The lowest BCUT2D eigenvalue weighted by atomic mass is 9.89. The molecule has 0 saturated carbocycles. The molecule has 0 bridgehead atoms. The number of carbonyl (C=O) groups is 1. The van der Waals surface area contributed by atoms with Crippen LogP contribution >= 0.6 is 0 Å². The van der Waals surface area contributed by atoms with Crippen molar-refractivity contribution in [2.24, 2.45) is 0 Å². The zero-order valence-electron chi connectivity index (χ0n) is 11.7. The first-order valence-corrected chi connectivity index (χ1v) is 6.86. The highest BCUT2D eigenvalue weighted by atomic mass is 16.1. The average Bonchev–Trinajstić information content (AvgIpc) is 2.44. The van der Waals surface area contributed by atoms with Gasteiger partial charge in [-0.2, -0.15) is 0 Å². The predicted octanol–water partition coefficient (Wildman–Crippen LogP) is 3.10. The molecule has 1 aromatic heterocycles. The third-order valence-corrected chi connectivity index (χ3v) is 3.77. The molecule has 0 fully saturated rings. The molecule has 0 aliphatic heterocycles. The molecule has 0 unspecified atom stereocenters. The molecular weight excluding hydrogens is 224 g/mol. The Morgan fingerprint density at radius 3 is 2.39 bits per heavy atom. The Bertz CT molecular complexity index is 350. The fourth-order valence-electron chi connectivity index (χ4n) is 2.16. The molecule has 0 spiro atoms. The Labute approximate surface area is 110 Å². The summed E-state index contributed by atoms with van der Waals surface area (Å²) >= 11 is 0. The smallest absolute Gasteiger partial charge is 0.220 e. The van der Waals surface area contributed by atoms with Crippen LogP contribution in [0.2, 0.25) is 0 Å². The van der Waals surface area contributed by atoms with Gasteiger partial charge in [0, 0.05) is 23.9 Å². The Morgan fingerprint density at radius 2 is 1.89 bits per heavy atom. The lowest BCUT2D eigenvalue weighted by Gasteiger charge is -2.31. The van der Waals surface area contributed by atoms with Crippen molar-refractivity contribution in [1.29, 1.82) is 0 Å². The molecule has 0 atom stereocenters. The van der Waals surface area contributed by atoms with E-state index in [9.17, 15) is 4.79 Å². The second kappa shape index (κ2) is 7.14. The number of rotatable bonds is 7. The lowest BCUT2D eigenvalue weighted by molar-refractivity contribution is -0.123. The van der Waals surface area contributed by atoms with Gasteiger partial charge in [-0.15, -0.1) is 0 Å². The summed E-state index contributed by atoms with van der Waals surface area (Å²) in [6.45, 7) is 6.39. The topological polar surface area (TPSA) is 42.0 Å². The van der Waals surface area contributed by atoms with Crippen LogP contribution in [0.1, 0.15) is 52.1 Å². The summed E-state index contributed by atoms with van der Waals surface area (Å²) in [7, 11) is 0. The second-order valence-electron chi connectivity index (χ2n) is 4.71. The largest absolute Gasteiger partial charge is 0.351 e. The molecule has 0 aliphatic rings. The number of amides is 1. The number of nitrogens with zero attached hydrogens (tertiary/aromatic N) is 1. The van der Waals surface area contributed by atoms with E-state index in [1.807, 2.05) is 18.2 Å². The quantitative estimate of drug-likeness (QED) is 0.805. The van der Waals surface area contributed by atoms with Crippen LogP contribution in [0.4, 0.5) is 0 Å². The molecular formula is C15H24N2O. The van der Waals surface area contributed by atoms with Crippen molar-refractivity contribution in [3.8, 4) is 0 Å². The van der Waals surface area contributed by atoms with Crippen molar-refractivity contribution in [3.63, 3.8) is 0 Å². The Balaban J connectivity index is 2.46. The first kappa shape index (κ1) is 14.7. The van der Waals surface area contributed by atoms with Crippen molar-refractivity contribution in [2.75, 3.05) is 0 Å². The molecule has 0 saturated heterocycles. The lowest BCUT2D eigenvalue weighted by Crippen LogP contribution is -2.47. The van der Waals surface area contributed by atoms with Crippen molar-refractivity contribution in [3.05, 3.63) is 30.1 Å². The predicted molar refractivity (Wildman–Crippen MR) is 74.3 cm³/mol. The summed E-state index contributed by atoms with van der Waals surface area (Å²) in [6, 6.07) is 5.80. The fourth-order valence-corrected chi connectivity index (χ4v) is 2.16. The highest BCUT2D eigenvalue weighted by molar-refractivity contribution is 5.77. The number of aromatic nitrogens is 1. The van der Waals surface area contributed by atoms with E-state index in [0.29, 0.717) is 12.8 Å². The van der Waals surface area contributed by atoms with Gasteiger partial charge in [0.15, 0.2) is 0 Å². The van der Waals surface area contributed by atoms with Gasteiger partial charge in [-0.25, -0.2) is 0 Å². The van der Waals surface area contributed by atoms with Gasteiger partial charge >= 0.3 is 0 Å². The summed E-state index contributed by atoms with van der Waals surface area (Å²) in [6.07, 6.45) is 5.93. The van der Waals surface area contributed by atoms with Crippen LogP contribution in [0, 0.1) is 0 Å². The summed E-state index contributed by atoms with van der Waals surface area (Å²) in [5, 5.41) is 3.18. The fraction of sp³-hybridized carbons (Fsp3) is 0.600. The zero-order chi connectivity index (χ0) is 13.4. The second-order valence-corrected chi connectivity index (χ2v) is 4.71. The summed E-state index contributed by atoms with van der Waals surface area (Å²) < 4.78 is 0. The van der Waals surface area contributed by atoms with Crippen LogP contribution < -0.4 is 5.32 Å². The van der Waals surface area contributed by atoms with Crippen LogP contribution in [0.25, 0.3) is 0 Å². The number of aryl methyl sites for hydroxylation is 1. The molecule has 1 N–H and O–H groups in total. The molecule has 1 amide bonds. The maximum atomic E-state index is 12.0. The Hall–Kier alpha value is -1.38. The summed E-state index contributed by atoms with van der Waals surface area (Å²) in [5.74, 6) is 0.131. The van der Waals surface area contributed by atoms with Gasteiger partial charge in [0.1, 0.15) is 0 Å². The van der Waals surface area contributed by atoms with Gasteiger partial charge in [-0.05, 0) is 37.8 Å². The van der Waals surface area contributed by atoms with E-state index in [0.717, 1.165) is 25.0 Å². The van der Waals surface area contributed by atoms with Crippen LogP contribution in [0.3, 0.4) is 0 Å². The van der Waals surface area contributed by atoms with Crippen LogP contribution in [0.15, 0.2) is 24.4 Å². The van der Waals surface area contributed by atoms with Gasteiger partial charge in [0.25, 0.3) is 0 Å². The van der Waals surface area contributed by atoms with Gasteiger partial charge in [0.2, 0.25) is 5.91 Å². The Kier molecular flexibility index (Phi) is 5.83. The highest BCUT2D eigenvalue weighted by Gasteiger charge is 2.25. The number of pyridine rings is 1. The van der Waals surface area contributed by atoms with Crippen LogP contribution in [0.5, 0.6) is 0 Å². The summed E-state index contributed by atoms with van der Waals surface area (Å²) in [4.78, 5) is 16.2. The molecule has 100 valence electrons. The van der Waals surface area contributed by atoms with E-state index in [1.165, 1.54) is 0 Å². The van der Waals surface area contributed by atoms with Crippen molar-refractivity contribution >= 4 is 5.91 Å². The van der Waals surface area contributed by atoms with E-state index in [2.05, 4.69) is 31.1 Å². The molecule has 3 nitrogen and oxygen atoms in total. The molecule has 0 aromatic carbocycles. The van der Waals surface area contributed by atoms with Crippen molar-refractivity contribution in [2.45, 2.75) is 58.4 Å². The maximum Gasteiger partial charge on any atom is 0.220 e. The first-order chi connectivity index (χ1) is 8.65. The third-order valence-electron chi connectivity index (χ3n) is 3.77. The van der Waals surface area contributed by atoms with Crippen LogP contribution in [-0.2, 0) is 11.2 Å². The first-order valence-electron chi connectivity index (χ1n) is 6.86. The van der Waals surface area contributed by atoms with Crippen molar-refractivity contribution < 1.29 is 4.79 Å². The van der Waals surface area contributed by atoms with Gasteiger partial charge in [-0.3, -0.25) is 9.78 Å². The molecule has 0 aliphatic carbocycles. The zero-order valence-corrected chi connectivity index (χ0v) is 11.7. The third kappa shape index (κ3) is 4.13. The number of carbonyl (C=O) groups excluding carboxylic acids is 1. The molecule has 18 heavy (non-hydrogen) atoms. The minimum Gasteiger partial charge on any atom is -0.351 e. The van der Waals surface area contributed by atoms with E-state index in [-0.39, 0.29) is 11.4 Å². The van der Waals surface area contributed by atoms with Crippen molar-refractivity contribution in [1.82, 2.24) is 10.3 Å². The molecule has 1 rings (SSSR count). The minimum absolute atomic E-state index is 0.0266. The molecule has 1 aromatic rings. The molecule has 0 radical (unpaired) electrons. The maximum absolute atomic E-state index is 12.0. The normalized spacial score (nSPS) is 11.3. The van der Waals surface area contributed by atoms with E-state index >= 15 is 0 Å². The number of nitrogens with one attached hydrogen (secondary N) is 1. The highest BCUT2D eigenvalue weighted by Crippen LogP contribution is 2.19. The molecule has 3 heteroatoms. The van der Waals surface area contributed by atoms with E-state index in [4.69, 9.17) is 0 Å². The minimum atomic E-state index is -0.0266. The monoisotopic (exact) mass is 248 g/mol.